The monoisotopic (exact) mass is 340 g/mol. The largest absolute Gasteiger partial charge is 0.417 e. The first-order chi connectivity index (χ1) is 11.4. The van der Waals surface area contributed by atoms with Gasteiger partial charge in [0.1, 0.15) is 5.82 Å². The Kier molecular flexibility index (Phi) is 4.70. The van der Waals surface area contributed by atoms with Crippen LogP contribution in [0.5, 0.6) is 0 Å². The molecule has 3 rings (SSSR count). The van der Waals surface area contributed by atoms with E-state index in [1.807, 2.05) is 11.9 Å². The smallest absolute Gasteiger partial charge is 0.357 e. The van der Waals surface area contributed by atoms with E-state index in [0.29, 0.717) is 18.4 Å². The summed E-state index contributed by atoms with van der Waals surface area (Å²) in [6.07, 6.45) is 0.106. The van der Waals surface area contributed by atoms with Gasteiger partial charge >= 0.3 is 6.18 Å². The third-order valence-electron chi connectivity index (χ3n) is 4.27. The van der Waals surface area contributed by atoms with Crippen molar-refractivity contribution >= 4 is 5.82 Å². The summed E-state index contributed by atoms with van der Waals surface area (Å²) in [6.45, 7) is 2.23. The maximum absolute atomic E-state index is 12.6. The molecule has 1 aliphatic rings. The van der Waals surface area contributed by atoms with Gasteiger partial charge in [-0.3, -0.25) is 4.68 Å². The molecule has 0 atom stereocenters. The average molecular weight is 340 g/mol. The molecule has 1 saturated heterocycles. The van der Waals surface area contributed by atoms with Crippen molar-refractivity contribution in [1.29, 1.82) is 0 Å². The molecule has 1 aliphatic heterocycles. The molecule has 1 fully saturated rings. The SMILES string of the molecule is Cn1nncc1CNC1CCN(c2ccc(C(F)(F)F)cn2)CC1. The molecule has 6 nitrogen and oxygen atoms in total. The lowest BCUT2D eigenvalue weighted by molar-refractivity contribution is -0.137. The van der Waals surface area contributed by atoms with Crippen LogP contribution < -0.4 is 10.2 Å². The van der Waals surface area contributed by atoms with Gasteiger partial charge in [-0.25, -0.2) is 4.98 Å². The van der Waals surface area contributed by atoms with E-state index in [9.17, 15) is 13.2 Å². The Bertz CT molecular complexity index is 659. The Morgan fingerprint density at radius 3 is 2.50 bits per heavy atom. The van der Waals surface area contributed by atoms with Gasteiger partial charge in [0.15, 0.2) is 0 Å². The van der Waals surface area contributed by atoms with Gasteiger partial charge in [0, 0.05) is 38.9 Å². The van der Waals surface area contributed by atoms with Crippen LogP contribution in [0.3, 0.4) is 0 Å². The highest BCUT2D eigenvalue weighted by Gasteiger charge is 2.31. The number of halogens is 3. The fourth-order valence-corrected chi connectivity index (χ4v) is 2.77. The lowest BCUT2D eigenvalue weighted by Gasteiger charge is -2.33. The van der Waals surface area contributed by atoms with Gasteiger partial charge in [0.05, 0.1) is 17.5 Å². The minimum atomic E-state index is -4.34. The predicted octanol–water partition coefficient (Wildman–Crippen LogP) is 1.99. The van der Waals surface area contributed by atoms with Gasteiger partial charge in [-0.05, 0) is 25.0 Å². The molecular weight excluding hydrogens is 321 g/mol. The van der Waals surface area contributed by atoms with Gasteiger partial charge in [0.2, 0.25) is 0 Å². The highest BCUT2D eigenvalue weighted by molar-refractivity contribution is 5.40. The van der Waals surface area contributed by atoms with Crippen molar-refractivity contribution in [2.75, 3.05) is 18.0 Å². The van der Waals surface area contributed by atoms with Crippen LogP contribution >= 0.6 is 0 Å². The second-order valence-electron chi connectivity index (χ2n) is 5.89. The summed E-state index contributed by atoms with van der Waals surface area (Å²) >= 11 is 0. The highest BCUT2D eigenvalue weighted by Crippen LogP contribution is 2.29. The second kappa shape index (κ2) is 6.76. The van der Waals surface area contributed by atoms with Crippen molar-refractivity contribution in [2.45, 2.75) is 31.6 Å². The Balaban J connectivity index is 1.50. The number of rotatable bonds is 4. The normalized spacial score (nSPS) is 16.6. The minimum absolute atomic E-state index is 0.366. The van der Waals surface area contributed by atoms with Crippen LogP contribution in [0, 0.1) is 0 Å². The van der Waals surface area contributed by atoms with Crippen LogP contribution in [0.25, 0.3) is 0 Å². The van der Waals surface area contributed by atoms with Gasteiger partial charge < -0.3 is 10.2 Å². The number of anilines is 1. The van der Waals surface area contributed by atoms with Crippen LogP contribution in [0.15, 0.2) is 24.5 Å². The fourth-order valence-electron chi connectivity index (χ4n) is 2.77. The maximum Gasteiger partial charge on any atom is 0.417 e. The number of alkyl halides is 3. The molecule has 3 heterocycles. The molecule has 0 bridgehead atoms. The van der Waals surface area contributed by atoms with Gasteiger partial charge in [-0.1, -0.05) is 5.21 Å². The number of nitrogens with one attached hydrogen (secondary N) is 1. The molecule has 0 saturated carbocycles. The van der Waals surface area contributed by atoms with E-state index < -0.39 is 11.7 Å². The summed E-state index contributed by atoms with van der Waals surface area (Å²) in [5, 5.41) is 11.2. The number of hydrogen-bond acceptors (Lipinski definition) is 5. The fraction of sp³-hybridized carbons (Fsp3) is 0.533. The zero-order valence-electron chi connectivity index (χ0n) is 13.3. The van der Waals surface area contributed by atoms with Crippen molar-refractivity contribution in [2.24, 2.45) is 7.05 Å². The average Bonchev–Trinajstić information content (AvgIpc) is 2.98. The number of hydrogen-bond donors (Lipinski definition) is 1. The molecule has 1 N–H and O–H groups in total. The third kappa shape index (κ3) is 3.84. The molecule has 2 aromatic heterocycles. The lowest BCUT2D eigenvalue weighted by Crippen LogP contribution is -2.42. The second-order valence-corrected chi connectivity index (χ2v) is 5.89. The van der Waals surface area contributed by atoms with Gasteiger partial charge in [0.25, 0.3) is 0 Å². The van der Waals surface area contributed by atoms with Crippen LogP contribution in [-0.2, 0) is 19.8 Å². The number of aryl methyl sites for hydroxylation is 1. The first-order valence-corrected chi connectivity index (χ1v) is 7.78. The molecule has 0 aromatic carbocycles. The van der Waals surface area contributed by atoms with E-state index in [1.54, 1.807) is 10.9 Å². The molecule has 0 radical (unpaired) electrons. The zero-order valence-corrected chi connectivity index (χ0v) is 13.3. The molecule has 2 aromatic rings. The summed E-state index contributed by atoms with van der Waals surface area (Å²) < 4.78 is 39.4. The van der Waals surface area contributed by atoms with Crippen LogP contribution in [-0.4, -0.2) is 39.1 Å². The molecule has 0 spiro atoms. The van der Waals surface area contributed by atoms with E-state index in [4.69, 9.17) is 0 Å². The highest BCUT2D eigenvalue weighted by atomic mass is 19.4. The quantitative estimate of drug-likeness (QED) is 0.922. The molecular formula is C15H19F3N6. The van der Waals surface area contributed by atoms with Crippen molar-refractivity contribution in [1.82, 2.24) is 25.3 Å². The number of piperidine rings is 1. The van der Waals surface area contributed by atoms with Gasteiger partial charge in [-0.15, -0.1) is 5.10 Å². The molecule has 0 aliphatic carbocycles. The van der Waals surface area contributed by atoms with Crippen molar-refractivity contribution in [3.8, 4) is 0 Å². The topological polar surface area (TPSA) is 58.9 Å². The van der Waals surface area contributed by atoms with E-state index in [0.717, 1.165) is 43.9 Å². The van der Waals surface area contributed by atoms with Crippen molar-refractivity contribution in [3.05, 3.63) is 35.8 Å². The Morgan fingerprint density at radius 2 is 1.96 bits per heavy atom. The molecule has 0 amide bonds. The number of pyridine rings is 1. The Morgan fingerprint density at radius 1 is 1.21 bits per heavy atom. The van der Waals surface area contributed by atoms with E-state index >= 15 is 0 Å². The van der Waals surface area contributed by atoms with Crippen LogP contribution in [0.4, 0.5) is 19.0 Å². The summed E-state index contributed by atoms with van der Waals surface area (Å²) in [5.41, 5.74) is 0.300. The maximum atomic E-state index is 12.6. The first kappa shape index (κ1) is 16.7. The number of nitrogens with zero attached hydrogens (tertiary/aromatic N) is 5. The third-order valence-corrected chi connectivity index (χ3v) is 4.27. The summed E-state index contributed by atoms with van der Waals surface area (Å²) in [6, 6.07) is 2.89. The minimum Gasteiger partial charge on any atom is -0.357 e. The molecule has 24 heavy (non-hydrogen) atoms. The Labute approximate surface area is 137 Å². The van der Waals surface area contributed by atoms with Crippen molar-refractivity contribution < 1.29 is 13.2 Å². The zero-order chi connectivity index (χ0) is 17.2. The van der Waals surface area contributed by atoms with Crippen molar-refractivity contribution in [3.63, 3.8) is 0 Å². The molecule has 9 heteroatoms. The molecule has 0 unspecified atom stereocenters. The first-order valence-electron chi connectivity index (χ1n) is 7.78. The standard InChI is InChI=1S/C15H19F3N6/c1-23-13(10-21-22-23)9-19-12-4-6-24(7-5-12)14-3-2-11(8-20-14)15(16,17)18/h2-3,8,10,12,19H,4-7,9H2,1H3. The van der Waals surface area contributed by atoms with Crippen LogP contribution in [0.2, 0.25) is 0 Å². The molecule has 130 valence electrons. The van der Waals surface area contributed by atoms with E-state index in [-0.39, 0.29) is 0 Å². The van der Waals surface area contributed by atoms with E-state index in [1.165, 1.54) is 6.07 Å². The predicted molar refractivity (Wildman–Crippen MR) is 82.3 cm³/mol. The summed E-state index contributed by atoms with van der Waals surface area (Å²) in [4.78, 5) is 5.98. The lowest BCUT2D eigenvalue weighted by atomic mass is 10.0. The number of aromatic nitrogens is 4. The van der Waals surface area contributed by atoms with E-state index in [2.05, 4.69) is 20.6 Å². The Hall–Kier alpha value is -2.16. The van der Waals surface area contributed by atoms with Gasteiger partial charge in [-0.2, -0.15) is 13.2 Å². The summed E-state index contributed by atoms with van der Waals surface area (Å²) in [7, 11) is 1.85. The van der Waals surface area contributed by atoms with Crippen LogP contribution in [0.1, 0.15) is 24.1 Å². The summed E-state index contributed by atoms with van der Waals surface area (Å²) in [5.74, 6) is 0.595.